The fourth-order valence-corrected chi connectivity index (χ4v) is 1.66. The van der Waals surface area contributed by atoms with Crippen LogP contribution in [0.4, 0.5) is 0 Å². The molecule has 0 N–H and O–H groups in total. The third-order valence-electron chi connectivity index (χ3n) is 2.57. The monoisotopic (exact) mass is 202 g/mol. The molecule has 2 rings (SSSR count). The number of carbonyl (C=O) groups is 1. The molecule has 0 spiro atoms. The van der Waals surface area contributed by atoms with Gasteiger partial charge in [-0.3, -0.25) is 4.79 Å². The summed E-state index contributed by atoms with van der Waals surface area (Å²) in [6.07, 6.45) is 2.38. The minimum absolute atomic E-state index is 0.0299. The number of Topliss-reactive ketones (excluding diaryl/α,β-unsaturated/α-hetero) is 1. The topological polar surface area (TPSA) is 26.3 Å². The van der Waals surface area contributed by atoms with Crippen LogP contribution in [0, 0.1) is 0 Å². The van der Waals surface area contributed by atoms with Crippen molar-refractivity contribution in [3.8, 4) is 0 Å². The molecule has 1 atom stereocenters. The van der Waals surface area contributed by atoms with Crippen molar-refractivity contribution < 1.29 is 9.53 Å². The van der Waals surface area contributed by atoms with E-state index < -0.39 is 0 Å². The third-order valence-corrected chi connectivity index (χ3v) is 2.57. The third kappa shape index (κ3) is 2.54. The Labute approximate surface area is 89.6 Å². The molecule has 1 aromatic carbocycles. The van der Waals surface area contributed by atoms with Gasteiger partial charge >= 0.3 is 0 Å². The molecule has 0 fully saturated rings. The smallest absolute Gasteiger partial charge is 0.161 e. The number of benzene rings is 1. The standard InChI is InChI=1S/C13H14O2/c1-10-7-12(8-13(10)14)15-9-11-5-3-2-4-6-11/h2-7,12H,8-9H2,1H3/t12-/m0/s1. The first kappa shape index (κ1) is 10.1. The molecule has 2 heteroatoms. The van der Waals surface area contributed by atoms with Crippen molar-refractivity contribution in [3.05, 3.63) is 47.5 Å². The molecule has 78 valence electrons. The Balaban J connectivity index is 1.88. The highest BCUT2D eigenvalue weighted by molar-refractivity contribution is 5.97. The maximum Gasteiger partial charge on any atom is 0.161 e. The highest BCUT2D eigenvalue weighted by Gasteiger charge is 2.21. The van der Waals surface area contributed by atoms with Gasteiger partial charge in [0.15, 0.2) is 5.78 Å². The van der Waals surface area contributed by atoms with Crippen LogP contribution in [0.25, 0.3) is 0 Å². The Morgan fingerprint density at radius 2 is 2.07 bits per heavy atom. The fourth-order valence-electron chi connectivity index (χ4n) is 1.66. The molecular weight excluding hydrogens is 188 g/mol. The summed E-state index contributed by atoms with van der Waals surface area (Å²) in [5.41, 5.74) is 1.97. The molecule has 0 radical (unpaired) electrons. The number of hydrogen-bond acceptors (Lipinski definition) is 2. The minimum Gasteiger partial charge on any atom is -0.369 e. The van der Waals surface area contributed by atoms with E-state index >= 15 is 0 Å². The summed E-state index contributed by atoms with van der Waals surface area (Å²) < 4.78 is 5.63. The lowest BCUT2D eigenvalue weighted by Gasteiger charge is -2.08. The van der Waals surface area contributed by atoms with Crippen molar-refractivity contribution in [2.75, 3.05) is 0 Å². The molecule has 15 heavy (non-hydrogen) atoms. The van der Waals surface area contributed by atoms with Crippen LogP contribution >= 0.6 is 0 Å². The first-order chi connectivity index (χ1) is 7.25. The predicted molar refractivity (Wildman–Crippen MR) is 58.4 cm³/mol. The number of rotatable bonds is 3. The Hall–Kier alpha value is -1.41. The fraction of sp³-hybridized carbons (Fsp3) is 0.308. The normalized spacial score (nSPS) is 20.5. The summed E-state index contributed by atoms with van der Waals surface area (Å²) in [6.45, 7) is 2.41. The molecule has 0 aliphatic heterocycles. The molecule has 1 aromatic rings. The zero-order chi connectivity index (χ0) is 10.7. The van der Waals surface area contributed by atoms with Crippen LogP contribution in [0.2, 0.25) is 0 Å². The van der Waals surface area contributed by atoms with E-state index in [0.717, 1.165) is 11.1 Å². The van der Waals surface area contributed by atoms with Gasteiger partial charge in [0, 0.05) is 6.42 Å². The Morgan fingerprint density at radius 3 is 2.67 bits per heavy atom. The molecule has 1 aliphatic rings. The molecule has 0 amide bonds. The van der Waals surface area contributed by atoms with Gasteiger partial charge in [0.05, 0.1) is 12.7 Å². The van der Waals surface area contributed by atoms with Gasteiger partial charge in [0.25, 0.3) is 0 Å². The van der Waals surface area contributed by atoms with Crippen molar-refractivity contribution in [1.82, 2.24) is 0 Å². The van der Waals surface area contributed by atoms with Gasteiger partial charge in [-0.25, -0.2) is 0 Å². The molecule has 0 bridgehead atoms. The van der Waals surface area contributed by atoms with Gasteiger partial charge in [-0.05, 0) is 24.1 Å². The van der Waals surface area contributed by atoms with Crippen LogP contribution in [0.15, 0.2) is 42.0 Å². The Kier molecular flexibility index (Phi) is 2.97. The number of carbonyl (C=O) groups excluding carboxylic acids is 1. The molecule has 0 saturated heterocycles. The highest BCUT2D eigenvalue weighted by Crippen LogP contribution is 2.18. The van der Waals surface area contributed by atoms with E-state index in [2.05, 4.69) is 0 Å². The van der Waals surface area contributed by atoms with E-state index in [1.165, 1.54) is 0 Å². The Bertz CT molecular complexity index is 379. The van der Waals surface area contributed by atoms with Crippen molar-refractivity contribution in [2.45, 2.75) is 26.1 Å². The largest absolute Gasteiger partial charge is 0.369 e. The van der Waals surface area contributed by atoms with E-state index in [9.17, 15) is 4.79 Å². The van der Waals surface area contributed by atoms with Crippen molar-refractivity contribution in [2.24, 2.45) is 0 Å². The number of ether oxygens (including phenoxy) is 1. The maximum absolute atomic E-state index is 11.2. The highest BCUT2D eigenvalue weighted by atomic mass is 16.5. The summed E-state index contributed by atoms with van der Waals surface area (Å²) in [5.74, 6) is 0.202. The predicted octanol–water partition coefficient (Wildman–Crippen LogP) is 2.49. The number of allylic oxidation sites excluding steroid dienone is 1. The lowest BCUT2D eigenvalue weighted by Crippen LogP contribution is -2.08. The SMILES string of the molecule is CC1=C[C@H](OCc2ccccc2)CC1=O. The molecule has 2 nitrogen and oxygen atoms in total. The zero-order valence-electron chi connectivity index (χ0n) is 8.77. The molecule has 0 heterocycles. The molecular formula is C13H14O2. The molecule has 0 unspecified atom stereocenters. The van der Waals surface area contributed by atoms with Crippen LogP contribution in [0.5, 0.6) is 0 Å². The second-order valence-electron chi connectivity index (χ2n) is 3.81. The summed E-state index contributed by atoms with van der Waals surface area (Å²) in [7, 11) is 0. The number of hydrogen-bond donors (Lipinski definition) is 0. The average molecular weight is 202 g/mol. The van der Waals surface area contributed by atoms with Crippen molar-refractivity contribution in [1.29, 1.82) is 0 Å². The van der Waals surface area contributed by atoms with Gasteiger partial charge in [-0.1, -0.05) is 30.3 Å². The first-order valence-corrected chi connectivity index (χ1v) is 5.13. The molecule has 0 saturated carbocycles. The van der Waals surface area contributed by atoms with E-state index in [1.54, 1.807) is 0 Å². The van der Waals surface area contributed by atoms with Crippen LogP contribution in [-0.2, 0) is 16.1 Å². The summed E-state index contributed by atoms with van der Waals surface area (Å²) in [5, 5.41) is 0. The number of ketones is 1. The molecule has 1 aliphatic carbocycles. The van der Waals surface area contributed by atoms with E-state index in [4.69, 9.17) is 4.74 Å². The molecule has 0 aromatic heterocycles. The van der Waals surface area contributed by atoms with Gasteiger partial charge in [-0.15, -0.1) is 0 Å². The second kappa shape index (κ2) is 4.41. The van der Waals surface area contributed by atoms with E-state index in [1.807, 2.05) is 43.3 Å². The van der Waals surface area contributed by atoms with Crippen LogP contribution < -0.4 is 0 Å². The lowest BCUT2D eigenvalue weighted by molar-refractivity contribution is -0.116. The first-order valence-electron chi connectivity index (χ1n) is 5.13. The quantitative estimate of drug-likeness (QED) is 0.752. The maximum atomic E-state index is 11.2. The van der Waals surface area contributed by atoms with Crippen LogP contribution in [0.3, 0.4) is 0 Å². The van der Waals surface area contributed by atoms with Crippen LogP contribution in [0.1, 0.15) is 18.9 Å². The minimum atomic E-state index is -0.0299. The lowest BCUT2D eigenvalue weighted by atomic mass is 10.2. The van der Waals surface area contributed by atoms with Gasteiger partial charge < -0.3 is 4.74 Å². The summed E-state index contributed by atoms with van der Waals surface area (Å²) in [6, 6.07) is 9.99. The zero-order valence-corrected chi connectivity index (χ0v) is 8.77. The van der Waals surface area contributed by atoms with Crippen molar-refractivity contribution >= 4 is 5.78 Å². The summed E-state index contributed by atoms with van der Waals surface area (Å²) in [4.78, 5) is 11.2. The summed E-state index contributed by atoms with van der Waals surface area (Å²) >= 11 is 0. The van der Waals surface area contributed by atoms with Gasteiger partial charge in [0.1, 0.15) is 0 Å². The Morgan fingerprint density at radius 1 is 1.33 bits per heavy atom. The van der Waals surface area contributed by atoms with E-state index in [-0.39, 0.29) is 11.9 Å². The van der Waals surface area contributed by atoms with Crippen LogP contribution in [-0.4, -0.2) is 11.9 Å². The average Bonchev–Trinajstić information content (AvgIpc) is 2.57. The second-order valence-corrected chi connectivity index (χ2v) is 3.81. The van der Waals surface area contributed by atoms with Crippen molar-refractivity contribution in [3.63, 3.8) is 0 Å². The van der Waals surface area contributed by atoms with Gasteiger partial charge in [0.2, 0.25) is 0 Å². The van der Waals surface area contributed by atoms with Gasteiger partial charge in [-0.2, -0.15) is 0 Å². The van der Waals surface area contributed by atoms with E-state index in [0.29, 0.717) is 13.0 Å².